The van der Waals surface area contributed by atoms with E-state index in [0.717, 1.165) is 25.3 Å². The van der Waals surface area contributed by atoms with Crippen LogP contribution in [0.15, 0.2) is 24.3 Å². The molecule has 2 heterocycles. The van der Waals surface area contributed by atoms with E-state index in [2.05, 4.69) is 48.3 Å². The topological polar surface area (TPSA) is 24.5 Å². The Balaban J connectivity index is 1.57. The summed E-state index contributed by atoms with van der Waals surface area (Å²) in [6.45, 7) is 7.94. The van der Waals surface area contributed by atoms with Gasteiger partial charge in [-0.2, -0.15) is 0 Å². The minimum Gasteiger partial charge on any atom is -0.488 e. The van der Waals surface area contributed by atoms with Crippen molar-refractivity contribution in [2.75, 3.05) is 19.6 Å². The van der Waals surface area contributed by atoms with Gasteiger partial charge in [0.05, 0.1) is 0 Å². The van der Waals surface area contributed by atoms with E-state index >= 15 is 0 Å². The predicted molar refractivity (Wildman–Crippen MR) is 82.3 cm³/mol. The van der Waals surface area contributed by atoms with E-state index in [1.54, 1.807) is 0 Å². The first-order valence-electron chi connectivity index (χ1n) is 7.94. The summed E-state index contributed by atoms with van der Waals surface area (Å²) in [5, 5.41) is 3.60. The zero-order chi connectivity index (χ0) is 13.9. The maximum absolute atomic E-state index is 6.09. The van der Waals surface area contributed by atoms with Crippen molar-refractivity contribution in [1.82, 2.24) is 10.2 Å². The Hall–Kier alpha value is -1.06. The maximum atomic E-state index is 6.09. The third kappa shape index (κ3) is 3.15. The molecule has 2 unspecified atom stereocenters. The van der Waals surface area contributed by atoms with Crippen molar-refractivity contribution in [3.8, 4) is 5.75 Å². The minimum absolute atomic E-state index is 0.316. The normalized spacial score (nSPS) is 25.2. The number of ether oxygens (including phenoxy) is 1. The molecule has 0 aliphatic carbocycles. The van der Waals surface area contributed by atoms with Crippen LogP contribution in [0, 0.1) is 0 Å². The summed E-state index contributed by atoms with van der Waals surface area (Å²) in [5.74, 6) is 1.08. The highest BCUT2D eigenvalue weighted by molar-refractivity contribution is 5.37. The quantitative estimate of drug-likeness (QED) is 0.892. The molecule has 0 amide bonds. The highest BCUT2D eigenvalue weighted by Gasteiger charge is 2.27. The summed E-state index contributed by atoms with van der Waals surface area (Å²) in [4.78, 5) is 2.57. The van der Waals surface area contributed by atoms with Crippen molar-refractivity contribution in [3.63, 3.8) is 0 Å². The first-order valence-corrected chi connectivity index (χ1v) is 7.94. The third-order valence-corrected chi connectivity index (χ3v) is 4.50. The molecular formula is C17H26N2O. The monoisotopic (exact) mass is 274 g/mol. The number of hydrogen-bond donors (Lipinski definition) is 1. The number of benzene rings is 1. The molecular weight excluding hydrogens is 248 g/mol. The van der Waals surface area contributed by atoms with Crippen molar-refractivity contribution in [2.24, 2.45) is 0 Å². The highest BCUT2D eigenvalue weighted by atomic mass is 16.5. The van der Waals surface area contributed by atoms with Crippen LogP contribution in [0.3, 0.4) is 0 Å². The lowest BCUT2D eigenvalue weighted by molar-refractivity contribution is 0.120. The van der Waals surface area contributed by atoms with Crippen LogP contribution in [0.2, 0.25) is 0 Å². The molecule has 3 rings (SSSR count). The second-order valence-corrected chi connectivity index (χ2v) is 6.39. The molecule has 1 saturated heterocycles. The molecule has 20 heavy (non-hydrogen) atoms. The van der Waals surface area contributed by atoms with E-state index in [9.17, 15) is 0 Å². The summed E-state index contributed by atoms with van der Waals surface area (Å²) >= 11 is 0. The fourth-order valence-corrected chi connectivity index (χ4v) is 3.31. The van der Waals surface area contributed by atoms with E-state index < -0.39 is 0 Å². The molecule has 2 aliphatic rings. The van der Waals surface area contributed by atoms with Crippen LogP contribution in [0.4, 0.5) is 0 Å². The van der Waals surface area contributed by atoms with Crippen LogP contribution < -0.4 is 10.1 Å². The summed E-state index contributed by atoms with van der Waals surface area (Å²) in [6.07, 6.45) is 4.00. The second-order valence-electron chi connectivity index (χ2n) is 6.39. The number of nitrogens with one attached hydrogen (secondary N) is 1. The smallest absolute Gasteiger partial charge is 0.123 e. The molecule has 3 nitrogen and oxygen atoms in total. The van der Waals surface area contributed by atoms with Crippen molar-refractivity contribution in [3.05, 3.63) is 29.8 Å². The summed E-state index contributed by atoms with van der Waals surface area (Å²) in [5.41, 5.74) is 1.36. The van der Waals surface area contributed by atoms with Crippen LogP contribution >= 0.6 is 0 Å². The van der Waals surface area contributed by atoms with Gasteiger partial charge in [0.15, 0.2) is 0 Å². The van der Waals surface area contributed by atoms with Gasteiger partial charge < -0.3 is 10.1 Å². The Morgan fingerprint density at radius 2 is 2.15 bits per heavy atom. The molecule has 3 heteroatoms. The van der Waals surface area contributed by atoms with Crippen LogP contribution in [0.25, 0.3) is 0 Å². The van der Waals surface area contributed by atoms with Crippen molar-refractivity contribution >= 4 is 0 Å². The Kier molecular flexibility index (Phi) is 4.27. The van der Waals surface area contributed by atoms with Crippen LogP contribution in [-0.2, 0) is 6.42 Å². The molecule has 0 aromatic heterocycles. The van der Waals surface area contributed by atoms with Crippen LogP contribution in [0.1, 0.15) is 32.3 Å². The number of para-hydroxylation sites is 1. The third-order valence-electron chi connectivity index (χ3n) is 4.50. The van der Waals surface area contributed by atoms with Gasteiger partial charge >= 0.3 is 0 Å². The number of nitrogens with zero attached hydrogens (tertiary/aromatic N) is 1. The Labute approximate surface area is 122 Å². The molecule has 0 bridgehead atoms. The Morgan fingerprint density at radius 1 is 1.30 bits per heavy atom. The largest absolute Gasteiger partial charge is 0.488 e. The molecule has 1 aromatic rings. The molecule has 1 aromatic carbocycles. The second kappa shape index (κ2) is 6.15. The lowest BCUT2D eigenvalue weighted by atomic mass is 10.1. The molecule has 1 fully saturated rings. The number of fused-ring (bicyclic) bond motifs is 1. The lowest BCUT2D eigenvalue weighted by Gasteiger charge is -2.31. The maximum Gasteiger partial charge on any atom is 0.123 e. The van der Waals surface area contributed by atoms with Gasteiger partial charge in [0, 0.05) is 31.6 Å². The van der Waals surface area contributed by atoms with Crippen molar-refractivity contribution < 1.29 is 4.74 Å². The van der Waals surface area contributed by atoms with Crippen LogP contribution in [0.5, 0.6) is 5.75 Å². The first-order chi connectivity index (χ1) is 9.72. The van der Waals surface area contributed by atoms with Gasteiger partial charge in [0.25, 0.3) is 0 Å². The first kappa shape index (κ1) is 13.9. The number of hydrogen-bond acceptors (Lipinski definition) is 3. The SMILES string of the molecule is CC(C)N(CC1CCCN1)CC1Cc2ccccc2O1. The van der Waals surface area contributed by atoms with E-state index in [4.69, 9.17) is 4.74 Å². The van der Waals surface area contributed by atoms with Gasteiger partial charge in [-0.25, -0.2) is 0 Å². The van der Waals surface area contributed by atoms with Gasteiger partial charge in [-0.15, -0.1) is 0 Å². The van der Waals surface area contributed by atoms with Crippen LogP contribution in [-0.4, -0.2) is 42.7 Å². The highest BCUT2D eigenvalue weighted by Crippen LogP contribution is 2.28. The minimum atomic E-state index is 0.316. The lowest BCUT2D eigenvalue weighted by Crippen LogP contribution is -2.45. The Morgan fingerprint density at radius 3 is 2.85 bits per heavy atom. The Bertz CT molecular complexity index is 415. The van der Waals surface area contributed by atoms with Gasteiger partial charge in [-0.3, -0.25) is 4.90 Å². The molecule has 0 radical (unpaired) electrons. The summed E-state index contributed by atoms with van der Waals surface area (Å²) < 4.78 is 6.09. The summed E-state index contributed by atoms with van der Waals surface area (Å²) in [7, 11) is 0. The molecule has 110 valence electrons. The van der Waals surface area contributed by atoms with Crippen molar-refractivity contribution in [1.29, 1.82) is 0 Å². The fraction of sp³-hybridized carbons (Fsp3) is 0.647. The zero-order valence-corrected chi connectivity index (χ0v) is 12.6. The van der Waals surface area contributed by atoms with Gasteiger partial charge in [-0.1, -0.05) is 18.2 Å². The zero-order valence-electron chi connectivity index (χ0n) is 12.6. The fourth-order valence-electron chi connectivity index (χ4n) is 3.31. The van der Waals surface area contributed by atoms with E-state index in [0.29, 0.717) is 18.2 Å². The standard InChI is InChI=1S/C17H26N2O/c1-13(2)19(11-15-7-5-9-18-15)12-16-10-14-6-3-4-8-17(14)20-16/h3-4,6,8,13,15-16,18H,5,7,9-12H2,1-2H3. The van der Waals surface area contributed by atoms with E-state index in [1.807, 2.05) is 0 Å². The van der Waals surface area contributed by atoms with E-state index in [1.165, 1.54) is 24.9 Å². The van der Waals surface area contributed by atoms with Gasteiger partial charge in [0.1, 0.15) is 11.9 Å². The molecule has 0 spiro atoms. The molecule has 2 atom stereocenters. The summed E-state index contributed by atoms with van der Waals surface area (Å²) in [6, 6.07) is 9.68. The van der Waals surface area contributed by atoms with Gasteiger partial charge in [0.2, 0.25) is 0 Å². The molecule has 2 aliphatic heterocycles. The number of rotatable bonds is 5. The molecule has 0 saturated carbocycles. The van der Waals surface area contributed by atoms with E-state index in [-0.39, 0.29) is 0 Å². The average Bonchev–Trinajstić information content (AvgIpc) is 3.05. The predicted octanol–water partition coefficient (Wildman–Crippen LogP) is 2.45. The van der Waals surface area contributed by atoms with Gasteiger partial charge in [-0.05, 0) is 44.9 Å². The van der Waals surface area contributed by atoms with Crippen molar-refractivity contribution in [2.45, 2.75) is 51.3 Å². The molecule has 1 N–H and O–H groups in total. The average molecular weight is 274 g/mol.